The molecule has 86 valence electrons. The van der Waals surface area contributed by atoms with Crippen LogP contribution in [-0.2, 0) is 11.2 Å². The zero-order valence-corrected chi connectivity index (χ0v) is 10.1. The van der Waals surface area contributed by atoms with E-state index in [4.69, 9.17) is 11.6 Å². The molecule has 0 heterocycles. The number of Topliss-reactive ketones (excluding diaryl/α,β-unsaturated/α-hetero) is 1. The maximum atomic E-state index is 13.1. The molecule has 1 aromatic carbocycles. The van der Waals surface area contributed by atoms with Crippen LogP contribution in [0.15, 0.2) is 29.8 Å². The van der Waals surface area contributed by atoms with Crippen molar-refractivity contribution in [2.75, 3.05) is 0 Å². The molecule has 0 saturated carbocycles. The topological polar surface area (TPSA) is 17.1 Å². The predicted octanol–water partition coefficient (Wildman–Crippen LogP) is 3.95. The zero-order chi connectivity index (χ0) is 12.1. The number of ketones is 1. The Kier molecular flexibility index (Phi) is 4.69. The highest BCUT2D eigenvalue weighted by Gasteiger charge is 2.09. The van der Waals surface area contributed by atoms with Crippen molar-refractivity contribution in [1.29, 1.82) is 0 Å². The molecule has 1 aromatic rings. The minimum atomic E-state index is -0.481. The number of rotatable bonds is 4. The first-order valence-electron chi connectivity index (χ1n) is 5.20. The number of hydrogen-bond donors (Lipinski definition) is 0. The van der Waals surface area contributed by atoms with Crippen molar-refractivity contribution in [2.45, 2.75) is 26.7 Å². The summed E-state index contributed by atoms with van der Waals surface area (Å²) < 4.78 is 13.1. The van der Waals surface area contributed by atoms with Crippen LogP contribution in [0.4, 0.5) is 4.39 Å². The van der Waals surface area contributed by atoms with Gasteiger partial charge in [0.2, 0.25) is 0 Å². The fourth-order valence-electron chi connectivity index (χ4n) is 1.51. The average molecular weight is 241 g/mol. The van der Waals surface area contributed by atoms with Gasteiger partial charge in [-0.05, 0) is 36.6 Å². The largest absolute Gasteiger partial charge is 0.294 e. The van der Waals surface area contributed by atoms with Gasteiger partial charge in [-0.3, -0.25) is 4.79 Å². The molecule has 0 saturated heterocycles. The Morgan fingerprint density at radius 3 is 2.69 bits per heavy atom. The lowest BCUT2D eigenvalue weighted by atomic mass is 10.0. The van der Waals surface area contributed by atoms with Gasteiger partial charge in [-0.1, -0.05) is 30.7 Å². The van der Waals surface area contributed by atoms with Gasteiger partial charge in [0, 0.05) is 6.42 Å². The van der Waals surface area contributed by atoms with E-state index in [0.717, 1.165) is 5.57 Å². The molecule has 1 rings (SSSR count). The Labute approximate surface area is 99.9 Å². The van der Waals surface area contributed by atoms with Gasteiger partial charge in [-0.15, -0.1) is 0 Å². The number of halogens is 2. The molecular weight excluding hydrogens is 227 g/mol. The van der Waals surface area contributed by atoms with E-state index in [9.17, 15) is 9.18 Å². The lowest BCUT2D eigenvalue weighted by Gasteiger charge is -2.04. The minimum Gasteiger partial charge on any atom is -0.294 e. The summed E-state index contributed by atoms with van der Waals surface area (Å²) in [7, 11) is 0. The summed E-state index contributed by atoms with van der Waals surface area (Å²) in [5.74, 6) is -0.447. The smallest absolute Gasteiger partial charge is 0.162 e. The molecule has 16 heavy (non-hydrogen) atoms. The van der Waals surface area contributed by atoms with Crippen LogP contribution in [0.25, 0.3) is 0 Å². The Morgan fingerprint density at radius 1 is 1.50 bits per heavy atom. The third kappa shape index (κ3) is 3.17. The summed E-state index contributed by atoms with van der Waals surface area (Å²) in [4.78, 5) is 11.7. The summed E-state index contributed by atoms with van der Waals surface area (Å²) in [6.07, 6.45) is 2.72. The zero-order valence-electron chi connectivity index (χ0n) is 9.39. The second-order valence-corrected chi connectivity index (χ2v) is 3.92. The van der Waals surface area contributed by atoms with Crippen molar-refractivity contribution in [3.8, 4) is 0 Å². The van der Waals surface area contributed by atoms with Gasteiger partial charge < -0.3 is 0 Å². The Morgan fingerprint density at radius 2 is 2.19 bits per heavy atom. The third-order valence-corrected chi connectivity index (χ3v) is 2.74. The van der Waals surface area contributed by atoms with Gasteiger partial charge in [0.05, 0.1) is 5.02 Å². The van der Waals surface area contributed by atoms with Crippen molar-refractivity contribution in [3.05, 3.63) is 46.3 Å². The molecule has 1 nitrogen and oxygen atoms in total. The lowest BCUT2D eigenvalue weighted by Crippen LogP contribution is -2.06. The number of carbonyl (C=O) groups excluding carboxylic acids is 1. The second kappa shape index (κ2) is 5.80. The fraction of sp³-hybridized carbons (Fsp3) is 0.308. The van der Waals surface area contributed by atoms with E-state index < -0.39 is 5.82 Å². The molecule has 0 aliphatic carbocycles. The first-order chi connectivity index (χ1) is 7.58. The molecular formula is C13H14ClFO. The summed E-state index contributed by atoms with van der Waals surface area (Å²) in [6, 6.07) is 4.45. The highest BCUT2D eigenvalue weighted by atomic mass is 35.5. The molecule has 0 unspecified atom stereocenters. The first-order valence-corrected chi connectivity index (χ1v) is 5.58. The Bertz CT molecular complexity index is 424. The van der Waals surface area contributed by atoms with Gasteiger partial charge >= 0.3 is 0 Å². The summed E-state index contributed by atoms with van der Waals surface area (Å²) in [5, 5.41) is 0.0814. The van der Waals surface area contributed by atoms with Crippen LogP contribution in [0.2, 0.25) is 5.02 Å². The molecule has 0 N–H and O–H groups in total. The Balaban J connectivity index is 2.81. The molecule has 0 aliphatic heterocycles. The quantitative estimate of drug-likeness (QED) is 0.729. The van der Waals surface area contributed by atoms with Crippen molar-refractivity contribution in [1.82, 2.24) is 0 Å². The average Bonchev–Trinajstić information content (AvgIpc) is 2.25. The maximum Gasteiger partial charge on any atom is 0.162 e. The van der Waals surface area contributed by atoms with E-state index in [1.165, 1.54) is 12.1 Å². The van der Waals surface area contributed by atoms with Gasteiger partial charge in [0.15, 0.2) is 5.78 Å². The van der Waals surface area contributed by atoms with E-state index >= 15 is 0 Å². The summed E-state index contributed by atoms with van der Waals surface area (Å²) in [6.45, 7) is 3.76. The predicted molar refractivity (Wildman–Crippen MR) is 64.2 cm³/mol. The van der Waals surface area contributed by atoms with Gasteiger partial charge in [-0.25, -0.2) is 4.39 Å². The van der Waals surface area contributed by atoms with Crippen molar-refractivity contribution in [2.24, 2.45) is 0 Å². The fourth-order valence-corrected chi connectivity index (χ4v) is 1.63. The van der Waals surface area contributed by atoms with Crippen LogP contribution in [0.3, 0.4) is 0 Å². The third-order valence-electron chi connectivity index (χ3n) is 2.44. The normalized spacial score (nSPS) is 11.6. The second-order valence-electron chi connectivity index (χ2n) is 3.52. The minimum absolute atomic E-state index is 0.0340. The molecule has 0 radical (unpaired) electrons. The monoisotopic (exact) mass is 240 g/mol. The lowest BCUT2D eigenvalue weighted by molar-refractivity contribution is -0.115. The number of benzene rings is 1. The maximum absolute atomic E-state index is 13.1. The number of carbonyl (C=O) groups is 1. The van der Waals surface area contributed by atoms with E-state index in [2.05, 4.69) is 0 Å². The van der Waals surface area contributed by atoms with Crippen LogP contribution < -0.4 is 0 Å². The van der Waals surface area contributed by atoms with Crippen LogP contribution in [-0.4, -0.2) is 5.78 Å². The van der Waals surface area contributed by atoms with Gasteiger partial charge in [-0.2, -0.15) is 0 Å². The molecule has 0 bridgehead atoms. The van der Waals surface area contributed by atoms with E-state index in [-0.39, 0.29) is 17.2 Å². The van der Waals surface area contributed by atoms with Crippen molar-refractivity contribution >= 4 is 17.4 Å². The molecule has 0 aliphatic rings. The van der Waals surface area contributed by atoms with E-state index in [1.807, 2.05) is 13.8 Å². The van der Waals surface area contributed by atoms with Crippen LogP contribution in [0.1, 0.15) is 25.8 Å². The highest BCUT2D eigenvalue weighted by Crippen LogP contribution is 2.17. The first kappa shape index (κ1) is 12.9. The van der Waals surface area contributed by atoms with E-state index in [1.54, 1.807) is 12.1 Å². The van der Waals surface area contributed by atoms with Crippen molar-refractivity contribution < 1.29 is 9.18 Å². The van der Waals surface area contributed by atoms with Crippen LogP contribution >= 0.6 is 11.6 Å². The Hall–Kier alpha value is -1.15. The molecule has 0 fully saturated rings. The molecule has 0 aromatic heterocycles. The van der Waals surface area contributed by atoms with Crippen LogP contribution in [0.5, 0.6) is 0 Å². The van der Waals surface area contributed by atoms with Gasteiger partial charge in [0.1, 0.15) is 5.82 Å². The summed E-state index contributed by atoms with van der Waals surface area (Å²) >= 11 is 5.56. The molecule has 3 heteroatoms. The summed E-state index contributed by atoms with van der Waals surface area (Å²) in [5.41, 5.74) is 1.43. The van der Waals surface area contributed by atoms with E-state index in [0.29, 0.717) is 12.0 Å². The van der Waals surface area contributed by atoms with Gasteiger partial charge in [0.25, 0.3) is 0 Å². The molecule has 0 amide bonds. The van der Waals surface area contributed by atoms with Crippen molar-refractivity contribution in [3.63, 3.8) is 0 Å². The molecule has 0 spiro atoms. The standard InChI is InChI=1S/C13H14ClFO/c1-3-10(4-2)13(16)8-9-5-6-11(14)12(15)7-9/h3,5-7H,4,8H2,1-2H3/b10-3-. The number of allylic oxidation sites excluding steroid dienone is 2. The van der Waals surface area contributed by atoms with Crippen LogP contribution in [0, 0.1) is 5.82 Å². The highest BCUT2D eigenvalue weighted by molar-refractivity contribution is 6.30. The molecule has 0 atom stereocenters. The SMILES string of the molecule is C/C=C(/CC)C(=O)Cc1ccc(Cl)c(F)c1. The number of hydrogen-bond acceptors (Lipinski definition) is 1.